The Hall–Kier alpha value is -2.28. The first-order valence-corrected chi connectivity index (χ1v) is 10.6. The van der Waals surface area contributed by atoms with Gasteiger partial charge in [-0.15, -0.1) is 0 Å². The smallest absolute Gasteiger partial charge is 0.330 e. The molecule has 152 valence electrons. The molecule has 1 heterocycles. The number of benzene rings is 1. The minimum absolute atomic E-state index is 0.0780. The number of imide groups is 1. The Bertz CT molecular complexity index is 876. The molecule has 1 aromatic carbocycles. The molecule has 0 radical (unpaired) electrons. The summed E-state index contributed by atoms with van der Waals surface area (Å²) < 4.78 is 6.09. The number of carbonyl (C=O) groups is 4. The van der Waals surface area contributed by atoms with Crippen molar-refractivity contribution in [2.75, 3.05) is 6.61 Å². The summed E-state index contributed by atoms with van der Waals surface area (Å²) in [5.41, 5.74) is 0.424. The lowest BCUT2D eigenvalue weighted by Gasteiger charge is -2.28. The highest BCUT2D eigenvalue weighted by Gasteiger charge is 2.61. The molecule has 1 aliphatic heterocycles. The third-order valence-corrected chi connectivity index (χ3v) is 6.70. The van der Waals surface area contributed by atoms with Gasteiger partial charge in [-0.2, -0.15) is 0 Å². The van der Waals surface area contributed by atoms with Crippen LogP contribution in [0.3, 0.4) is 0 Å². The number of nitrogens with zero attached hydrogens (tertiary/aromatic N) is 1. The predicted octanol–water partition coefficient (Wildman–Crippen LogP) is 3.01. The quantitative estimate of drug-likeness (QED) is 0.282. The van der Waals surface area contributed by atoms with Gasteiger partial charge in [0, 0.05) is 10.0 Å². The number of amides is 2. The molecule has 1 aromatic rings. The van der Waals surface area contributed by atoms with Gasteiger partial charge in [0.1, 0.15) is 6.04 Å². The van der Waals surface area contributed by atoms with Gasteiger partial charge in [0.05, 0.1) is 11.8 Å². The maximum atomic E-state index is 13.0. The Morgan fingerprint density at radius 1 is 1.07 bits per heavy atom. The number of Topliss-reactive ketones (excluding diaryl/α,β-unsaturated/α-hetero) is 1. The van der Waals surface area contributed by atoms with Crippen molar-refractivity contribution in [3.63, 3.8) is 0 Å². The monoisotopic (exact) mass is 459 g/mol. The lowest BCUT2D eigenvalue weighted by atomic mass is 9.85. The number of halogens is 1. The van der Waals surface area contributed by atoms with Crippen LogP contribution in [0.2, 0.25) is 0 Å². The van der Waals surface area contributed by atoms with Crippen LogP contribution in [-0.4, -0.2) is 41.1 Å². The number of fused-ring (bicyclic) bond motifs is 5. The molecule has 2 bridgehead atoms. The van der Waals surface area contributed by atoms with E-state index in [9.17, 15) is 19.2 Å². The van der Waals surface area contributed by atoms with Crippen LogP contribution in [-0.2, 0) is 19.1 Å². The minimum Gasteiger partial charge on any atom is -0.456 e. The van der Waals surface area contributed by atoms with Crippen LogP contribution in [0.1, 0.15) is 30.6 Å². The predicted molar refractivity (Wildman–Crippen MR) is 108 cm³/mol. The number of carbonyl (C=O) groups excluding carboxylic acids is 4. The van der Waals surface area contributed by atoms with E-state index in [1.165, 1.54) is 0 Å². The molecule has 2 fully saturated rings. The number of rotatable bonds is 6. The van der Waals surface area contributed by atoms with E-state index in [1.54, 1.807) is 38.1 Å². The van der Waals surface area contributed by atoms with Gasteiger partial charge in [0.25, 0.3) is 0 Å². The van der Waals surface area contributed by atoms with Crippen LogP contribution in [0.15, 0.2) is 40.9 Å². The van der Waals surface area contributed by atoms with E-state index in [4.69, 9.17) is 4.74 Å². The minimum atomic E-state index is -1.02. The SMILES string of the molecule is CC(C)[C@H](C(=O)OCC(=O)c1ccc(Br)cc1)N1C(=O)[C@H]2[C@H](C1=O)[C@H]1C=C[C@H]2C1. The van der Waals surface area contributed by atoms with Crippen LogP contribution in [0.5, 0.6) is 0 Å². The maximum Gasteiger partial charge on any atom is 0.330 e. The summed E-state index contributed by atoms with van der Waals surface area (Å²) in [5, 5.41) is 0. The standard InChI is InChI=1S/C22H22BrNO5/c1-11(2)19(22(28)29-10-16(25)12-5-7-15(23)8-6-12)24-20(26)17-13-3-4-14(9-13)18(17)21(24)27/h3-8,11,13-14,17-19H,9-10H2,1-2H3/t13-,14-,17+,18+,19+/m0/s1. The molecule has 29 heavy (non-hydrogen) atoms. The first kappa shape index (κ1) is 20.0. The highest BCUT2D eigenvalue weighted by molar-refractivity contribution is 9.10. The zero-order valence-electron chi connectivity index (χ0n) is 16.2. The number of esters is 1. The van der Waals surface area contributed by atoms with Crippen molar-refractivity contribution in [3.8, 4) is 0 Å². The topological polar surface area (TPSA) is 80.8 Å². The van der Waals surface area contributed by atoms with E-state index >= 15 is 0 Å². The van der Waals surface area contributed by atoms with Crippen LogP contribution in [0.25, 0.3) is 0 Å². The Morgan fingerprint density at radius 2 is 1.62 bits per heavy atom. The molecule has 2 aliphatic carbocycles. The Kier molecular flexibility index (Phi) is 5.19. The summed E-state index contributed by atoms with van der Waals surface area (Å²) in [5.74, 6) is -2.52. The first-order chi connectivity index (χ1) is 13.8. The number of allylic oxidation sites excluding steroid dienone is 2. The molecule has 0 N–H and O–H groups in total. The average Bonchev–Trinajstić information content (AvgIpc) is 3.36. The average molecular weight is 460 g/mol. The molecule has 2 amide bonds. The van der Waals surface area contributed by atoms with Crippen molar-refractivity contribution < 1.29 is 23.9 Å². The van der Waals surface area contributed by atoms with E-state index in [-0.39, 0.29) is 47.2 Å². The molecule has 0 spiro atoms. The Balaban J connectivity index is 1.47. The van der Waals surface area contributed by atoms with Crippen molar-refractivity contribution in [1.29, 1.82) is 0 Å². The van der Waals surface area contributed by atoms with Gasteiger partial charge >= 0.3 is 5.97 Å². The zero-order valence-corrected chi connectivity index (χ0v) is 17.8. The largest absolute Gasteiger partial charge is 0.456 e. The Morgan fingerprint density at radius 3 is 2.14 bits per heavy atom. The Labute approximate surface area is 177 Å². The highest BCUT2D eigenvalue weighted by Crippen LogP contribution is 2.53. The van der Waals surface area contributed by atoms with Gasteiger partial charge < -0.3 is 4.74 Å². The number of hydrogen-bond donors (Lipinski definition) is 0. The molecular formula is C22H22BrNO5. The molecule has 1 saturated heterocycles. The molecule has 7 heteroatoms. The second-order valence-electron chi connectivity index (χ2n) is 8.27. The van der Waals surface area contributed by atoms with E-state index in [0.717, 1.165) is 15.8 Å². The lowest BCUT2D eigenvalue weighted by Crippen LogP contribution is -2.50. The fourth-order valence-electron chi connectivity index (χ4n) is 4.82. The van der Waals surface area contributed by atoms with E-state index in [1.807, 2.05) is 12.2 Å². The number of ether oxygens (including phenoxy) is 1. The number of hydrogen-bond acceptors (Lipinski definition) is 5. The van der Waals surface area contributed by atoms with E-state index < -0.39 is 18.6 Å². The van der Waals surface area contributed by atoms with E-state index in [2.05, 4.69) is 15.9 Å². The molecule has 3 aliphatic rings. The molecular weight excluding hydrogens is 438 g/mol. The lowest BCUT2D eigenvalue weighted by molar-refractivity contribution is -0.160. The van der Waals surface area contributed by atoms with Gasteiger partial charge in [0.15, 0.2) is 12.4 Å². The van der Waals surface area contributed by atoms with Crippen LogP contribution in [0.4, 0.5) is 0 Å². The second kappa shape index (κ2) is 7.52. The zero-order chi connectivity index (χ0) is 20.9. The molecule has 6 nitrogen and oxygen atoms in total. The fourth-order valence-corrected chi connectivity index (χ4v) is 5.08. The van der Waals surface area contributed by atoms with Gasteiger partial charge in [-0.05, 0) is 36.3 Å². The summed E-state index contributed by atoms with van der Waals surface area (Å²) in [4.78, 5) is 52.3. The maximum absolute atomic E-state index is 13.0. The second-order valence-corrected chi connectivity index (χ2v) is 9.19. The normalized spacial score (nSPS) is 28.2. The number of ketones is 1. The fraction of sp³-hybridized carbons (Fsp3) is 0.455. The molecule has 0 unspecified atom stereocenters. The highest BCUT2D eigenvalue weighted by atomic mass is 79.9. The molecule has 1 saturated carbocycles. The number of likely N-dealkylation sites (tertiary alicyclic amines) is 1. The van der Waals surface area contributed by atoms with Gasteiger partial charge in [0.2, 0.25) is 11.8 Å². The summed E-state index contributed by atoms with van der Waals surface area (Å²) in [6, 6.07) is 5.72. The summed E-state index contributed by atoms with van der Waals surface area (Å²) in [6.07, 6.45) is 4.86. The molecule has 5 atom stereocenters. The summed E-state index contributed by atoms with van der Waals surface area (Å²) in [7, 11) is 0. The molecule has 4 rings (SSSR count). The van der Waals surface area contributed by atoms with Crippen LogP contribution < -0.4 is 0 Å². The third-order valence-electron chi connectivity index (χ3n) is 6.17. The third kappa shape index (κ3) is 3.35. The molecule has 0 aromatic heterocycles. The first-order valence-electron chi connectivity index (χ1n) is 9.80. The van der Waals surface area contributed by atoms with Gasteiger partial charge in [-0.25, -0.2) is 4.79 Å². The summed E-state index contributed by atoms with van der Waals surface area (Å²) in [6.45, 7) is 3.10. The van der Waals surface area contributed by atoms with Gasteiger partial charge in [-0.1, -0.05) is 54.1 Å². The van der Waals surface area contributed by atoms with Crippen molar-refractivity contribution in [1.82, 2.24) is 4.90 Å². The van der Waals surface area contributed by atoms with Crippen molar-refractivity contribution in [3.05, 3.63) is 46.5 Å². The summed E-state index contributed by atoms with van der Waals surface area (Å²) >= 11 is 3.30. The van der Waals surface area contributed by atoms with Crippen molar-refractivity contribution in [2.24, 2.45) is 29.6 Å². The van der Waals surface area contributed by atoms with Crippen molar-refractivity contribution in [2.45, 2.75) is 26.3 Å². The van der Waals surface area contributed by atoms with Gasteiger partial charge in [-0.3, -0.25) is 19.3 Å². The van der Waals surface area contributed by atoms with Crippen LogP contribution in [0, 0.1) is 29.6 Å². The van der Waals surface area contributed by atoms with Crippen molar-refractivity contribution >= 4 is 39.5 Å². The van der Waals surface area contributed by atoms with Crippen LogP contribution >= 0.6 is 15.9 Å². The van der Waals surface area contributed by atoms with E-state index in [0.29, 0.717) is 5.56 Å².